The Morgan fingerprint density at radius 3 is 2.82 bits per heavy atom. The third kappa shape index (κ3) is 2.74. The van der Waals surface area contributed by atoms with Gasteiger partial charge in [-0.05, 0) is 30.7 Å². The second-order valence-electron chi connectivity index (χ2n) is 3.49. The maximum atomic E-state index is 8.82. The summed E-state index contributed by atoms with van der Waals surface area (Å²) in [5, 5.41) is 9.19. The molecule has 0 aliphatic carbocycles. The van der Waals surface area contributed by atoms with Gasteiger partial charge in [0.05, 0.1) is 11.6 Å². The fraction of sp³-hybridized carbons (Fsp3) is 0.0769. The normalized spacial score (nSPS) is 9.71. The zero-order valence-electron chi connectivity index (χ0n) is 9.14. The molecule has 2 rings (SSSR count). The molecule has 0 unspecified atom stereocenters. The molecule has 17 heavy (non-hydrogen) atoms. The van der Waals surface area contributed by atoms with E-state index in [1.807, 2.05) is 13.0 Å². The summed E-state index contributed by atoms with van der Waals surface area (Å²) in [5.41, 5.74) is 1.48. The Hall–Kier alpha value is -2.05. The van der Waals surface area contributed by atoms with Crippen molar-refractivity contribution in [3.63, 3.8) is 0 Å². The quantitative estimate of drug-likeness (QED) is 0.757. The molecule has 0 spiro atoms. The van der Waals surface area contributed by atoms with Crippen molar-refractivity contribution >= 4 is 11.6 Å². The zero-order valence-corrected chi connectivity index (χ0v) is 9.90. The predicted molar refractivity (Wildman–Crippen MR) is 65.2 cm³/mol. The second kappa shape index (κ2) is 4.86. The van der Waals surface area contributed by atoms with Crippen LogP contribution in [0, 0.1) is 18.3 Å². The van der Waals surface area contributed by atoms with Crippen molar-refractivity contribution in [2.45, 2.75) is 6.92 Å². The largest absolute Gasteiger partial charge is 0.439 e. The van der Waals surface area contributed by atoms with Gasteiger partial charge in [-0.3, -0.25) is 0 Å². The third-order valence-electron chi connectivity index (χ3n) is 2.22. The van der Waals surface area contributed by atoms with Gasteiger partial charge in [0.1, 0.15) is 10.9 Å². The van der Waals surface area contributed by atoms with Gasteiger partial charge in [-0.1, -0.05) is 23.7 Å². The average Bonchev–Trinajstić information content (AvgIpc) is 2.32. The van der Waals surface area contributed by atoms with E-state index in [0.717, 1.165) is 5.56 Å². The van der Waals surface area contributed by atoms with E-state index < -0.39 is 0 Å². The van der Waals surface area contributed by atoms with Crippen LogP contribution >= 0.6 is 11.6 Å². The van der Waals surface area contributed by atoms with Gasteiger partial charge < -0.3 is 4.74 Å². The van der Waals surface area contributed by atoms with Crippen LogP contribution in [0.25, 0.3) is 0 Å². The van der Waals surface area contributed by atoms with Crippen molar-refractivity contribution in [1.82, 2.24) is 4.98 Å². The maximum absolute atomic E-state index is 8.82. The van der Waals surface area contributed by atoms with Crippen molar-refractivity contribution in [3.8, 4) is 17.7 Å². The predicted octanol–water partition coefficient (Wildman–Crippen LogP) is 3.71. The van der Waals surface area contributed by atoms with Gasteiger partial charge in [0.15, 0.2) is 0 Å². The number of pyridine rings is 1. The molecular formula is C13H9ClN2O. The number of nitrogens with zero attached hydrogens (tertiary/aromatic N) is 2. The summed E-state index contributed by atoms with van der Waals surface area (Å²) < 4.78 is 5.59. The first-order valence-electron chi connectivity index (χ1n) is 5.00. The molecular weight excluding hydrogens is 236 g/mol. The summed E-state index contributed by atoms with van der Waals surface area (Å²) in [6, 6.07) is 12.5. The van der Waals surface area contributed by atoms with E-state index in [1.165, 1.54) is 0 Å². The maximum Gasteiger partial charge on any atom is 0.220 e. The number of nitriles is 1. The van der Waals surface area contributed by atoms with E-state index in [2.05, 4.69) is 11.1 Å². The molecule has 4 heteroatoms. The Morgan fingerprint density at radius 2 is 2.12 bits per heavy atom. The number of ether oxygens (including phenoxy) is 1. The first-order chi connectivity index (χ1) is 8.19. The molecule has 0 fully saturated rings. The van der Waals surface area contributed by atoms with E-state index in [-0.39, 0.29) is 0 Å². The minimum Gasteiger partial charge on any atom is -0.439 e. The molecule has 0 radical (unpaired) electrons. The molecule has 1 aromatic heterocycles. The summed E-state index contributed by atoms with van der Waals surface area (Å²) in [6.07, 6.45) is 0. The Bertz CT molecular complexity index is 590. The molecule has 0 atom stereocenters. The number of hydrogen-bond acceptors (Lipinski definition) is 3. The Kier molecular flexibility index (Phi) is 3.27. The summed E-state index contributed by atoms with van der Waals surface area (Å²) in [7, 11) is 0. The lowest BCUT2D eigenvalue weighted by molar-refractivity contribution is 0.459. The van der Waals surface area contributed by atoms with E-state index in [9.17, 15) is 0 Å². The van der Waals surface area contributed by atoms with E-state index in [0.29, 0.717) is 22.3 Å². The van der Waals surface area contributed by atoms with E-state index >= 15 is 0 Å². The van der Waals surface area contributed by atoms with Crippen LogP contribution in [0.5, 0.6) is 11.6 Å². The van der Waals surface area contributed by atoms with Crippen molar-refractivity contribution in [2.24, 2.45) is 0 Å². The fourth-order valence-electron chi connectivity index (χ4n) is 1.34. The first-order valence-corrected chi connectivity index (χ1v) is 5.38. The van der Waals surface area contributed by atoms with Crippen LogP contribution < -0.4 is 4.74 Å². The molecule has 3 nitrogen and oxygen atoms in total. The minimum absolute atomic E-state index is 0.372. The number of rotatable bonds is 2. The van der Waals surface area contributed by atoms with Gasteiger partial charge in [0.2, 0.25) is 5.88 Å². The molecule has 0 aliphatic rings. The number of aryl methyl sites for hydroxylation is 1. The molecule has 1 aromatic carbocycles. The molecule has 0 amide bonds. The molecule has 0 N–H and O–H groups in total. The van der Waals surface area contributed by atoms with Crippen LogP contribution in [0.3, 0.4) is 0 Å². The molecule has 0 saturated carbocycles. The molecule has 0 aliphatic heterocycles. The lowest BCUT2D eigenvalue weighted by atomic mass is 10.1. The van der Waals surface area contributed by atoms with E-state index in [4.69, 9.17) is 21.6 Å². The fourth-order valence-corrected chi connectivity index (χ4v) is 1.49. The van der Waals surface area contributed by atoms with Gasteiger partial charge in [-0.15, -0.1) is 0 Å². The van der Waals surface area contributed by atoms with Crippen molar-refractivity contribution in [1.29, 1.82) is 5.26 Å². The molecule has 2 aromatic rings. The Balaban J connectivity index is 2.33. The second-order valence-corrected chi connectivity index (χ2v) is 3.88. The van der Waals surface area contributed by atoms with Crippen LogP contribution in [-0.4, -0.2) is 4.98 Å². The lowest BCUT2D eigenvalue weighted by Gasteiger charge is -2.07. The SMILES string of the molecule is Cc1ccc(C#N)cc1Oc1cccc(Cl)n1. The molecule has 0 saturated heterocycles. The smallest absolute Gasteiger partial charge is 0.220 e. The van der Waals surface area contributed by atoms with Gasteiger partial charge >= 0.3 is 0 Å². The Morgan fingerprint density at radius 1 is 1.29 bits per heavy atom. The summed E-state index contributed by atoms with van der Waals surface area (Å²) in [4.78, 5) is 4.03. The van der Waals surface area contributed by atoms with Gasteiger partial charge in [0.25, 0.3) is 0 Å². The van der Waals surface area contributed by atoms with Crippen LogP contribution in [-0.2, 0) is 0 Å². The molecule has 1 heterocycles. The molecule has 84 valence electrons. The van der Waals surface area contributed by atoms with Crippen molar-refractivity contribution < 1.29 is 4.74 Å². The number of aromatic nitrogens is 1. The Labute approximate surface area is 104 Å². The van der Waals surface area contributed by atoms with Crippen LogP contribution in [0.4, 0.5) is 0 Å². The van der Waals surface area contributed by atoms with Gasteiger partial charge in [-0.2, -0.15) is 5.26 Å². The lowest BCUT2D eigenvalue weighted by Crippen LogP contribution is -1.91. The highest BCUT2D eigenvalue weighted by Gasteiger charge is 2.04. The summed E-state index contributed by atoms with van der Waals surface area (Å²) in [5.74, 6) is 1.02. The number of benzene rings is 1. The molecule has 0 bridgehead atoms. The summed E-state index contributed by atoms with van der Waals surface area (Å²) in [6.45, 7) is 1.90. The highest BCUT2D eigenvalue weighted by Crippen LogP contribution is 2.25. The third-order valence-corrected chi connectivity index (χ3v) is 2.43. The van der Waals surface area contributed by atoms with Gasteiger partial charge in [0, 0.05) is 6.07 Å². The monoisotopic (exact) mass is 244 g/mol. The van der Waals surface area contributed by atoms with Crippen LogP contribution in [0.2, 0.25) is 5.15 Å². The van der Waals surface area contributed by atoms with Crippen LogP contribution in [0.15, 0.2) is 36.4 Å². The van der Waals surface area contributed by atoms with Crippen molar-refractivity contribution in [2.75, 3.05) is 0 Å². The van der Waals surface area contributed by atoms with Crippen LogP contribution in [0.1, 0.15) is 11.1 Å². The highest BCUT2D eigenvalue weighted by atomic mass is 35.5. The van der Waals surface area contributed by atoms with Crippen molar-refractivity contribution in [3.05, 3.63) is 52.7 Å². The van der Waals surface area contributed by atoms with Gasteiger partial charge in [-0.25, -0.2) is 4.98 Å². The highest BCUT2D eigenvalue weighted by molar-refractivity contribution is 6.29. The zero-order chi connectivity index (χ0) is 12.3. The minimum atomic E-state index is 0.372. The average molecular weight is 245 g/mol. The summed E-state index contributed by atoms with van der Waals surface area (Å²) >= 11 is 5.77. The number of hydrogen-bond donors (Lipinski definition) is 0. The topological polar surface area (TPSA) is 45.9 Å². The number of halogens is 1. The van der Waals surface area contributed by atoms with E-state index in [1.54, 1.807) is 30.3 Å². The first kappa shape index (κ1) is 11.4. The standard InChI is InChI=1S/C13H9ClN2O/c1-9-5-6-10(8-15)7-11(9)17-13-4-2-3-12(14)16-13/h2-7H,1H3.